The van der Waals surface area contributed by atoms with Gasteiger partial charge in [0.05, 0.1) is 0 Å². The Bertz CT molecular complexity index is 600. The van der Waals surface area contributed by atoms with E-state index in [4.69, 9.17) is 16.3 Å². The van der Waals surface area contributed by atoms with E-state index in [1.54, 1.807) is 24.3 Å². The van der Waals surface area contributed by atoms with Gasteiger partial charge in [-0.1, -0.05) is 47.5 Å². The number of rotatable bonds is 3. The molecule has 2 aromatic rings. The molecule has 96 valence electrons. The van der Waals surface area contributed by atoms with E-state index in [0.29, 0.717) is 10.8 Å². The van der Waals surface area contributed by atoms with Crippen LogP contribution in [0.5, 0.6) is 5.75 Å². The fraction of sp³-hybridized carbons (Fsp3) is 0.0625. The van der Waals surface area contributed by atoms with Crippen LogP contribution in [0.3, 0.4) is 0 Å². The fourth-order valence-electron chi connectivity index (χ4n) is 1.52. The van der Waals surface area contributed by atoms with Gasteiger partial charge in [0, 0.05) is 11.1 Å². The van der Waals surface area contributed by atoms with E-state index in [1.165, 1.54) is 6.08 Å². The molecule has 0 aliphatic rings. The van der Waals surface area contributed by atoms with E-state index >= 15 is 0 Å². The van der Waals surface area contributed by atoms with Crippen LogP contribution in [0, 0.1) is 6.92 Å². The van der Waals surface area contributed by atoms with Gasteiger partial charge in [-0.3, -0.25) is 0 Å². The lowest BCUT2D eigenvalue weighted by atomic mass is 10.2. The Labute approximate surface area is 117 Å². The minimum absolute atomic E-state index is 0.427. The molecule has 0 saturated carbocycles. The van der Waals surface area contributed by atoms with Gasteiger partial charge in [-0.15, -0.1) is 0 Å². The summed E-state index contributed by atoms with van der Waals surface area (Å²) in [6, 6.07) is 14.6. The van der Waals surface area contributed by atoms with Crippen molar-refractivity contribution in [2.24, 2.45) is 0 Å². The molecule has 0 radical (unpaired) electrons. The van der Waals surface area contributed by atoms with Gasteiger partial charge in [0.2, 0.25) is 0 Å². The van der Waals surface area contributed by atoms with Crippen molar-refractivity contribution >= 4 is 23.6 Å². The number of ether oxygens (including phenoxy) is 1. The van der Waals surface area contributed by atoms with Crippen molar-refractivity contribution in [2.75, 3.05) is 0 Å². The van der Waals surface area contributed by atoms with Gasteiger partial charge in [-0.2, -0.15) is 0 Å². The summed E-state index contributed by atoms with van der Waals surface area (Å²) in [7, 11) is 0. The summed E-state index contributed by atoms with van der Waals surface area (Å²) >= 11 is 5.98. The van der Waals surface area contributed by atoms with E-state index in [0.717, 1.165) is 11.1 Å². The zero-order valence-corrected chi connectivity index (χ0v) is 11.2. The average molecular weight is 273 g/mol. The van der Waals surface area contributed by atoms with Crippen molar-refractivity contribution in [1.82, 2.24) is 0 Å². The van der Waals surface area contributed by atoms with Crippen LogP contribution in [0.15, 0.2) is 54.6 Å². The predicted molar refractivity (Wildman–Crippen MR) is 77.3 cm³/mol. The first-order chi connectivity index (χ1) is 9.15. The quantitative estimate of drug-likeness (QED) is 0.474. The Balaban J connectivity index is 2.02. The number of hydrogen-bond acceptors (Lipinski definition) is 2. The summed E-state index contributed by atoms with van der Waals surface area (Å²) in [5.74, 6) is 0.100. The zero-order valence-electron chi connectivity index (χ0n) is 10.5. The normalized spacial score (nSPS) is 10.6. The lowest BCUT2D eigenvalue weighted by Gasteiger charge is -2.01. The minimum atomic E-state index is -0.427. The lowest BCUT2D eigenvalue weighted by molar-refractivity contribution is -0.128. The molecule has 0 amide bonds. The van der Waals surface area contributed by atoms with Crippen LogP contribution in [0.1, 0.15) is 11.1 Å². The second-order valence-corrected chi connectivity index (χ2v) is 4.50. The number of carbonyl (C=O) groups is 1. The Hall–Kier alpha value is -2.06. The van der Waals surface area contributed by atoms with Crippen molar-refractivity contribution in [3.63, 3.8) is 0 Å². The van der Waals surface area contributed by atoms with Crippen molar-refractivity contribution in [3.8, 4) is 5.75 Å². The van der Waals surface area contributed by atoms with Crippen LogP contribution in [-0.4, -0.2) is 5.97 Å². The molecule has 0 aliphatic carbocycles. The monoisotopic (exact) mass is 272 g/mol. The van der Waals surface area contributed by atoms with Crippen molar-refractivity contribution in [2.45, 2.75) is 6.92 Å². The first-order valence-electron chi connectivity index (χ1n) is 5.86. The highest BCUT2D eigenvalue weighted by Gasteiger charge is 2.01. The highest BCUT2D eigenvalue weighted by atomic mass is 35.5. The summed E-state index contributed by atoms with van der Waals surface area (Å²) in [4.78, 5) is 11.6. The molecule has 19 heavy (non-hydrogen) atoms. The molecule has 0 N–H and O–H groups in total. The molecular formula is C16H13ClO2. The Morgan fingerprint density at radius 3 is 2.47 bits per heavy atom. The van der Waals surface area contributed by atoms with Gasteiger partial charge in [-0.05, 0) is 36.8 Å². The standard InChI is InChI=1S/C16H13ClO2/c1-12-6-9-14(10-7-12)19-16(18)11-8-13-4-2-3-5-15(13)17/h2-11H,1H3/b11-8+. The molecule has 0 fully saturated rings. The van der Waals surface area contributed by atoms with E-state index in [-0.39, 0.29) is 0 Å². The number of esters is 1. The molecule has 0 heterocycles. The molecule has 0 saturated heterocycles. The molecule has 0 aliphatic heterocycles. The summed E-state index contributed by atoms with van der Waals surface area (Å²) in [6.45, 7) is 1.98. The minimum Gasteiger partial charge on any atom is -0.423 e. The highest BCUT2D eigenvalue weighted by molar-refractivity contribution is 6.32. The SMILES string of the molecule is Cc1ccc(OC(=O)/C=C/c2ccccc2Cl)cc1. The van der Waals surface area contributed by atoms with E-state index < -0.39 is 5.97 Å². The number of halogens is 1. The first-order valence-corrected chi connectivity index (χ1v) is 6.24. The maximum Gasteiger partial charge on any atom is 0.336 e. The third-order valence-corrected chi connectivity index (χ3v) is 2.89. The van der Waals surface area contributed by atoms with Crippen LogP contribution in [0.4, 0.5) is 0 Å². The summed E-state index contributed by atoms with van der Waals surface area (Å²) in [6.07, 6.45) is 3.00. The van der Waals surface area contributed by atoms with Crippen molar-refractivity contribution < 1.29 is 9.53 Å². The molecule has 0 aromatic heterocycles. The molecule has 0 spiro atoms. The van der Waals surface area contributed by atoms with Gasteiger partial charge in [-0.25, -0.2) is 4.79 Å². The largest absolute Gasteiger partial charge is 0.423 e. The zero-order chi connectivity index (χ0) is 13.7. The maximum atomic E-state index is 11.6. The second kappa shape index (κ2) is 6.21. The van der Waals surface area contributed by atoms with Crippen molar-refractivity contribution in [1.29, 1.82) is 0 Å². The summed E-state index contributed by atoms with van der Waals surface area (Å²) in [5.41, 5.74) is 1.90. The number of carbonyl (C=O) groups excluding carboxylic acids is 1. The van der Waals surface area contributed by atoms with Crippen LogP contribution < -0.4 is 4.74 Å². The van der Waals surface area contributed by atoms with Crippen molar-refractivity contribution in [3.05, 3.63) is 70.8 Å². The number of benzene rings is 2. The molecule has 3 heteroatoms. The average Bonchev–Trinajstić information content (AvgIpc) is 2.40. The third-order valence-electron chi connectivity index (χ3n) is 2.54. The van der Waals surface area contributed by atoms with Crippen LogP contribution >= 0.6 is 11.6 Å². The third kappa shape index (κ3) is 3.97. The second-order valence-electron chi connectivity index (χ2n) is 4.09. The van der Waals surface area contributed by atoms with Crippen LogP contribution in [0.25, 0.3) is 6.08 Å². The molecule has 0 atom stereocenters. The van der Waals surface area contributed by atoms with Gasteiger partial charge in [0.15, 0.2) is 0 Å². The predicted octanol–water partition coefficient (Wildman–Crippen LogP) is 4.27. The smallest absolute Gasteiger partial charge is 0.336 e. The Kier molecular flexibility index (Phi) is 4.37. The fourth-order valence-corrected chi connectivity index (χ4v) is 1.72. The maximum absolute atomic E-state index is 11.6. The molecule has 2 aromatic carbocycles. The van der Waals surface area contributed by atoms with E-state index in [1.807, 2.05) is 37.3 Å². The highest BCUT2D eigenvalue weighted by Crippen LogP contribution is 2.17. The lowest BCUT2D eigenvalue weighted by Crippen LogP contribution is -2.03. The van der Waals surface area contributed by atoms with Gasteiger partial charge in [0.1, 0.15) is 5.75 Å². The van der Waals surface area contributed by atoms with E-state index in [9.17, 15) is 4.79 Å². The van der Waals surface area contributed by atoms with Crippen LogP contribution in [-0.2, 0) is 4.79 Å². The molecule has 2 nitrogen and oxygen atoms in total. The molecule has 0 bridgehead atoms. The summed E-state index contributed by atoms with van der Waals surface area (Å²) < 4.78 is 5.16. The Morgan fingerprint density at radius 2 is 1.79 bits per heavy atom. The topological polar surface area (TPSA) is 26.3 Å². The van der Waals surface area contributed by atoms with Gasteiger partial charge >= 0.3 is 5.97 Å². The van der Waals surface area contributed by atoms with Crippen LogP contribution in [0.2, 0.25) is 5.02 Å². The first kappa shape index (κ1) is 13.4. The van der Waals surface area contributed by atoms with Gasteiger partial charge < -0.3 is 4.74 Å². The number of aryl methyl sites for hydroxylation is 1. The van der Waals surface area contributed by atoms with E-state index in [2.05, 4.69) is 0 Å². The Morgan fingerprint density at radius 1 is 1.11 bits per heavy atom. The molecular weight excluding hydrogens is 260 g/mol. The summed E-state index contributed by atoms with van der Waals surface area (Å²) in [5, 5.41) is 0.599. The molecule has 2 rings (SSSR count). The van der Waals surface area contributed by atoms with Gasteiger partial charge in [0.25, 0.3) is 0 Å². The molecule has 0 unspecified atom stereocenters. The number of hydrogen-bond donors (Lipinski definition) is 0.